The number of rotatable bonds is 6. The fraction of sp³-hybridized carbons (Fsp3) is 0.185. The van der Waals surface area contributed by atoms with Gasteiger partial charge in [-0.3, -0.25) is 4.79 Å². The first-order chi connectivity index (χ1) is 15.8. The zero-order valence-electron chi connectivity index (χ0n) is 18.8. The summed E-state index contributed by atoms with van der Waals surface area (Å²) < 4.78 is 16.2. The third kappa shape index (κ3) is 5.23. The minimum atomic E-state index is -0.590. The highest BCUT2D eigenvalue weighted by molar-refractivity contribution is 6.05. The first-order valence-corrected chi connectivity index (χ1v) is 10.6. The van der Waals surface area contributed by atoms with Crippen molar-refractivity contribution in [1.29, 1.82) is 0 Å². The Morgan fingerprint density at radius 3 is 2.27 bits per heavy atom. The van der Waals surface area contributed by atoms with Crippen molar-refractivity contribution in [3.63, 3.8) is 0 Å². The number of nitrogens with one attached hydrogen (secondary N) is 1. The minimum Gasteiger partial charge on any atom is -0.484 e. The third-order valence-electron chi connectivity index (χ3n) is 5.17. The van der Waals surface area contributed by atoms with Gasteiger partial charge in [0, 0.05) is 16.5 Å². The summed E-state index contributed by atoms with van der Waals surface area (Å²) in [6, 6.07) is 21.6. The Bertz CT molecular complexity index is 1270. The van der Waals surface area contributed by atoms with E-state index in [0.29, 0.717) is 22.6 Å². The van der Waals surface area contributed by atoms with Crippen molar-refractivity contribution in [2.75, 3.05) is 11.9 Å². The van der Waals surface area contributed by atoms with Crippen molar-refractivity contribution in [2.45, 2.75) is 26.2 Å². The van der Waals surface area contributed by atoms with Gasteiger partial charge in [-0.05, 0) is 47.4 Å². The van der Waals surface area contributed by atoms with Gasteiger partial charge in [-0.15, -0.1) is 0 Å². The summed E-state index contributed by atoms with van der Waals surface area (Å²) in [5.41, 5.74) is 1.84. The van der Waals surface area contributed by atoms with Crippen molar-refractivity contribution in [2.24, 2.45) is 0 Å². The Hall–Kier alpha value is -4.06. The zero-order valence-corrected chi connectivity index (χ0v) is 18.8. The van der Waals surface area contributed by atoms with E-state index < -0.39 is 5.97 Å². The Labute approximate surface area is 192 Å². The van der Waals surface area contributed by atoms with Gasteiger partial charge in [-0.2, -0.15) is 0 Å². The molecule has 0 bridgehead atoms. The Kier molecular flexibility index (Phi) is 6.18. The molecule has 6 heteroatoms. The number of benzene rings is 3. The van der Waals surface area contributed by atoms with Gasteiger partial charge in [-0.25, -0.2) is 4.79 Å². The molecular formula is C27H25NO5. The van der Waals surface area contributed by atoms with E-state index in [4.69, 9.17) is 13.9 Å². The van der Waals surface area contributed by atoms with Crippen molar-refractivity contribution in [3.05, 3.63) is 90.4 Å². The molecule has 4 rings (SSSR count). The molecule has 1 amide bonds. The molecule has 0 aliphatic carbocycles. The highest BCUT2D eigenvalue weighted by Gasteiger charge is 2.16. The van der Waals surface area contributed by atoms with Gasteiger partial charge in [0.2, 0.25) is 5.76 Å². The number of esters is 1. The lowest BCUT2D eigenvalue weighted by molar-refractivity contribution is -0.118. The Balaban J connectivity index is 1.45. The van der Waals surface area contributed by atoms with Crippen LogP contribution < -0.4 is 14.8 Å². The van der Waals surface area contributed by atoms with Gasteiger partial charge in [0.1, 0.15) is 11.5 Å². The maximum absolute atomic E-state index is 12.5. The van der Waals surface area contributed by atoms with Crippen LogP contribution in [0.2, 0.25) is 0 Å². The summed E-state index contributed by atoms with van der Waals surface area (Å²) in [5, 5.41) is 4.31. The van der Waals surface area contributed by atoms with Crippen molar-refractivity contribution in [3.8, 4) is 11.5 Å². The van der Waals surface area contributed by atoms with Crippen LogP contribution in [-0.4, -0.2) is 18.5 Å². The second-order valence-electron chi connectivity index (χ2n) is 8.63. The van der Waals surface area contributed by atoms with Gasteiger partial charge in [0.25, 0.3) is 5.91 Å². The van der Waals surface area contributed by atoms with Crippen LogP contribution in [0, 0.1) is 0 Å². The molecule has 1 N–H and O–H groups in total. The predicted molar refractivity (Wildman–Crippen MR) is 127 cm³/mol. The second kappa shape index (κ2) is 9.20. The van der Waals surface area contributed by atoms with Crippen LogP contribution in [0.1, 0.15) is 36.9 Å². The first-order valence-electron chi connectivity index (χ1n) is 10.6. The molecule has 0 aliphatic heterocycles. The molecule has 0 saturated carbocycles. The maximum Gasteiger partial charge on any atom is 0.379 e. The van der Waals surface area contributed by atoms with Crippen LogP contribution in [0.4, 0.5) is 5.69 Å². The van der Waals surface area contributed by atoms with Gasteiger partial charge in [-0.1, -0.05) is 57.2 Å². The Morgan fingerprint density at radius 1 is 0.879 bits per heavy atom. The van der Waals surface area contributed by atoms with Crippen LogP contribution in [0.25, 0.3) is 10.8 Å². The van der Waals surface area contributed by atoms with Gasteiger partial charge in [0.05, 0.1) is 6.26 Å². The summed E-state index contributed by atoms with van der Waals surface area (Å²) in [6.45, 7) is 6.30. The molecule has 0 radical (unpaired) electrons. The molecule has 4 aromatic rings. The van der Waals surface area contributed by atoms with E-state index >= 15 is 0 Å². The van der Waals surface area contributed by atoms with E-state index in [2.05, 4.69) is 26.1 Å². The molecule has 0 saturated heterocycles. The van der Waals surface area contributed by atoms with Crippen molar-refractivity contribution >= 4 is 28.3 Å². The summed E-state index contributed by atoms with van der Waals surface area (Å²) in [6.07, 6.45) is 1.41. The van der Waals surface area contributed by atoms with Crippen LogP contribution >= 0.6 is 0 Å². The van der Waals surface area contributed by atoms with E-state index in [1.807, 2.05) is 48.5 Å². The lowest BCUT2D eigenvalue weighted by Crippen LogP contribution is -2.20. The fourth-order valence-electron chi connectivity index (χ4n) is 3.40. The number of furan rings is 1. The molecule has 0 spiro atoms. The fourth-order valence-corrected chi connectivity index (χ4v) is 3.40. The maximum atomic E-state index is 12.5. The zero-order chi connectivity index (χ0) is 23.4. The topological polar surface area (TPSA) is 77.8 Å². The van der Waals surface area contributed by atoms with E-state index in [-0.39, 0.29) is 23.7 Å². The molecule has 0 unspecified atom stereocenters. The smallest absolute Gasteiger partial charge is 0.379 e. The number of ether oxygens (including phenoxy) is 2. The van der Waals surface area contributed by atoms with E-state index in [0.717, 1.165) is 5.39 Å². The normalized spacial score (nSPS) is 11.2. The van der Waals surface area contributed by atoms with Crippen LogP contribution in [0.3, 0.4) is 0 Å². The van der Waals surface area contributed by atoms with E-state index in [1.165, 1.54) is 17.9 Å². The molecule has 6 nitrogen and oxygen atoms in total. The highest BCUT2D eigenvalue weighted by atomic mass is 16.5. The lowest BCUT2D eigenvalue weighted by Gasteiger charge is -2.19. The largest absolute Gasteiger partial charge is 0.484 e. The minimum absolute atomic E-state index is 0.0510. The molecule has 0 atom stereocenters. The molecule has 0 fully saturated rings. The van der Waals surface area contributed by atoms with Gasteiger partial charge >= 0.3 is 5.97 Å². The molecular weight excluding hydrogens is 418 g/mol. The standard InChI is InChI=1S/C27H25NO5/c1-27(2,3)18-10-12-19(13-11-18)32-17-25(29)28-22-14-15-23(21-8-5-4-7-20(21)22)33-26(30)24-9-6-16-31-24/h4-16H,17H2,1-3H3,(H,28,29). The van der Waals surface area contributed by atoms with Gasteiger partial charge < -0.3 is 19.2 Å². The average Bonchev–Trinajstić information content (AvgIpc) is 3.34. The molecule has 168 valence electrons. The molecule has 1 aromatic heterocycles. The third-order valence-corrected chi connectivity index (χ3v) is 5.17. The average molecular weight is 443 g/mol. The quantitative estimate of drug-likeness (QED) is 0.294. The summed E-state index contributed by atoms with van der Waals surface area (Å²) in [5.74, 6) is 0.237. The summed E-state index contributed by atoms with van der Waals surface area (Å²) in [4.78, 5) is 24.8. The lowest BCUT2D eigenvalue weighted by atomic mass is 9.87. The summed E-state index contributed by atoms with van der Waals surface area (Å²) >= 11 is 0. The number of anilines is 1. The SMILES string of the molecule is CC(C)(C)c1ccc(OCC(=O)Nc2ccc(OC(=O)c3ccco3)c3ccccc23)cc1. The Morgan fingerprint density at radius 2 is 1.61 bits per heavy atom. The monoisotopic (exact) mass is 443 g/mol. The van der Waals surface area contributed by atoms with Crippen LogP contribution in [0.5, 0.6) is 11.5 Å². The highest BCUT2D eigenvalue weighted by Crippen LogP contribution is 2.32. The summed E-state index contributed by atoms with van der Waals surface area (Å²) in [7, 11) is 0. The number of carbonyl (C=O) groups excluding carboxylic acids is 2. The number of carbonyl (C=O) groups is 2. The van der Waals surface area contributed by atoms with Crippen molar-refractivity contribution < 1.29 is 23.5 Å². The van der Waals surface area contributed by atoms with Crippen LogP contribution in [-0.2, 0) is 10.2 Å². The van der Waals surface area contributed by atoms with E-state index in [9.17, 15) is 9.59 Å². The molecule has 33 heavy (non-hydrogen) atoms. The van der Waals surface area contributed by atoms with Crippen LogP contribution in [0.15, 0.2) is 83.5 Å². The number of hydrogen-bond acceptors (Lipinski definition) is 5. The second-order valence-corrected chi connectivity index (χ2v) is 8.63. The number of fused-ring (bicyclic) bond motifs is 1. The van der Waals surface area contributed by atoms with Gasteiger partial charge in [0.15, 0.2) is 6.61 Å². The molecule has 3 aromatic carbocycles. The number of amides is 1. The predicted octanol–water partition coefficient (Wildman–Crippen LogP) is 5.97. The van der Waals surface area contributed by atoms with E-state index in [1.54, 1.807) is 18.2 Å². The first kappa shape index (κ1) is 22.1. The van der Waals surface area contributed by atoms with Crippen molar-refractivity contribution in [1.82, 2.24) is 0 Å². The molecule has 1 heterocycles. The molecule has 0 aliphatic rings. The number of hydrogen-bond donors (Lipinski definition) is 1.